The number of amides is 1. The summed E-state index contributed by atoms with van der Waals surface area (Å²) in [5.74, 6) is -0.536. The maximum Gasteiger partial charge on any atom is 0.252 e. The van der Waals surface area contributed by atoms with Gasteiger partial charge in [-0.15, -0.1) is 0 Å². The van der Waals surface area contributed by atoms with Crippen LogP contribution in [0.2, 0.25) is 5.02 Å². The van der Waals surface area contributed by atoms with Crippen LogP contribution in [-0.2, 0) is 4.74 Å². The van der Waals surface area contributed by atoms with Crippen LogP contribution in [0.1, 0.15) is 10.4 Å². The molecule has 4 N–H and O–H groups in total. The van der Waals surface area contributed by atoms with E-state index in [1.54, 1.807) is 18.2 Å². The van der Waals surface area contributed by atoms with Gasteiger partial charge in [0.2, 0.25) is 0 Å². The molecule has 1 aromatic carbocycles. The zero-order chi connectivity index (χ0) is 13.0. The number of primary amides is 1. The van der Waals surface area contributed by atoms with E-state index in [4.69, 9.17) is 22.1 Å². The standard InChI is InChI=1S/C12H16ClN3O2/c13-9-2-1-3-10(11(9)12(14)17)16-7-8-6-15-4-5-18-8/h1-3,8,15-16H,4-7H2,(H2,14,17). The van der Waals surface area contributed by atoms with Crippen LogP contribution >= 0.6 is 11.6 Å². The highest BCUT2D eigenvalue weighted by atomic mass is 35.5. The fraction of sp³-hybridized carbons (Fsp3) is 0.417. The molecule has 0 aromatic heterocycles. The van der Waals surface area contributed by atoms with Gasteiger partial charge in [0.1, 0.15) is 0 Å². The molecule has 0 saturated carbocycles. The van der Waals surface area contributed by atoms with Gasteiger partial charge in [-0.2, -0.15) is 0 Å². The highest BCUT2D eigenvalue weighted by Gasteiger charge is 2.16. The number of halogens is 1. The smallest absolute Gasteiger partial charge is 0.252 e. The number of morpholine rings is 1. The molecule has 1 heterocycles. The fourth-order valence-corrected chi connectivity index (χ4v) is 2.16. The summed E-state index contributed by atoms with van der Waals surface area (Å²) in [4.78, 5) is 11.3. The van der Waals surface area contributed by atoms with Crippen molar-refractivity contribution in [1.29, 1.82) is 0 Å². The third kappa shape index (κ3) is 3.13. The minimum Gasteiger partial charge on any atom is -0.382 e. The van der Waals surface area contributed by atoms with Gasteiger partial charge in [0.25, 0.3) is 5.91 Å². The van der Waals surface area contributed by atoms with Crippen molar-refractivity contribution in [2.75, 3.05) is 31.6 Å². The van der Waals surface area contributed by atoms with Crippen LogP contribution in [0.3, 0.4) is 0 Å². The molecule has 98 valence electrons. The molecule has 1 fully saturated rings. The van der Waals surface area contributed by atoms with Gasteiger partial charge < -0.3 is 21.1 Å². The fourth-order valence-electron chi connectivity index (χ4n) is 1.90. The monoisotopic (exact) mass is 269 g/mol. The zero-order valence-corrected chi connectivity index (χ0v) is 10.7. The van der Waals surface area contributed by atoms with E-state index in [9.17, 15) is 4.79 Å². The maximum atomic E-state index is 11.3. The molecular weight excluding hydrogens is 254 g/mol. The van der Waals surface area contributed by atoms with Crippen LogP contribution in [0.4, 0.5) is 5.69 Å². The summed E-state index contributed by atoms with van der Waals surface area (Å²) in [5.41, 5.74) is 6.28. The first kappa shape index (κ1) is 13.1. The summed E-state index contributed by atoms with van der Waals surface area (Å²) in [6, 6.07) is 5.20. The number of anilines is 1. The molecule has 6 heteroatoms. The zero-order valence-electron chi connectivity index (χ0n) is 9.91. The van der Waals surface area contributed by atoms with Crippen LogP contribution < -0.4 is 16.4 Å². The van der Waals surface area contributed by atoms with Gasteiger partial charge in [0.05, 0.1) is 23.3 Å². The third-order valence-corrected chi connectivity index (χ3v) is 3.10. The number of carbonyl (C=O) groups is 1. The molecule has 1 atom stereocenters. The third-order valence-electron chi connectivity index (χ3n) is 2.78. The Morgan fingerprint density at radius 3 is 3.11 bits per heavy atom. The average molecular weight is 270 g/mol. The molecule has 1 aromatic rings. The van der Waals surface area contributed by atoms with Crippen molar-refractivity contribution < 1.29 is 9.53 Å². The molecule has 0 spiro atoms. The largest absolute Gasteiger partial charge is 0.382 e. The minimum atomic E-state index is -0.536. The normalized spacial score (nSPS) is 19.5. The Hall–Kier alpha value is -1.30. The highest BCUT2D eigenvalue weighted by molar-refractivity contribution is 6.34. The summed E-state index contributed by atoms with van der Waals surface area (Å²) in [7, 11) is 0. The Balaban J connectivity index is 2.04. The second-order valence-electron chi connectivity index (χ2n) is 4.10. The van der Waals surface area contributed by atoms with E-state index in [-0.39, 0.29) is 6.10 Å². The number of hydrogen-bond acceptors (Lipinski definition) is 4. The Morgan fingerprint density at radius 2 is 2.44 bits per heavy atom. The number of rotatable bonds is 4. The Morgan fingerprint density at radius 1 is 1.61 bits per heavy atom. The van der Waals surface area contributed by atoms with Crippen molar-refractivity contribution in [3.05, 3.63) is 28.8 Å². The first-order valence-corrected chi connectivity index (χ1v) is 6.21. The Kier molecular flexibility index (Phi) is 4.41. The quantitative estimate of drug-likeness (QED) is 0.757. The van der Waals surface area contributed by atoms with Gasteiger partial charge in [0, 0.05) is 25.3 Å². The van der Waals surface area contributed by atoms with E-state index >= 15 is 0 Å². The van der Waals surface area contributed by atoms with Gasteiger partial charge >= 0.3 is 0 Å². The molecule has 0 bridgehead atoms. The van der Waals surface area contributed by atoms with Crippen molar-refractivity contribution in [2.45, 2.75) is 6.10 Å². The lowest BCUT2D eigenvalue weighted by molar-refractivity contribution is 0.0372. The van der Waals surface area contributed by atoms with Crippen LogP contribution in [0.15, 0.2) is 18.2 Å². The van der Waals surface area contributed by atoms with Crippen LogP contribution in [0.5, 0.6) is 0 Å². The van der Waals surface area contributed by atoms with Crippen molar-refractivity contribution in [1.82, 2.24) is 5.32 Å². The average Bonchev–Trinajstić information content (AvgIpc) is 2.37. The van der Waals surface area contributed by atoms with Gasteiger partial charge in [-0.1, -0.05) is 17.7 Å². The van der Waals surface area contributed by atoms with Gasteiger partial charge in [-0.05, 0) is 12.1 Å². The molecule has 5 nitrogen and oxygen atoms in total. The van der Waals surface area contributed by atoms with E-state index in [0.29, 0.717) is 29.4 Å². The highest BCUT2D eigenvalue weighted by Crippen LogP contribution is 2.23. The lowest BCUT2D eigenvalue weighted by atomic mass is 10.1. The predicted molar refractivity (Wildman–Crippen MR) is 71.1 cm³/mol. The summed E-state index contributed by atoms with van der Waals surface area (Å²) >= 11 is 5.96. The van der Waals surface area contributed by atoms with Crippen molar-refractivity contribution >= 4 is 23.2 Å². The molecule has 0 aliphatic carbocycles. The lowest BCUT2D eigenvalue weighted by Crippen LogP contribution is -2.42. The Labute approximate surface area is 111 Å². The molecule has 1 unspecified atom stereocenters. The first-order chi connectivity index (χ1) is 8.68. The summed E-state index contributed by atoms with van der Waals surface area (Å²) in [6.07, 6.45) is 0.0819. The summed E-state index contributed by atoms with van der Waals surface area (Å²) in [6.45, 7) is 2.97. The van der Waals surface area contributed by atoms with Crippen molar-refractivity contribution in [2.24, 2.45) is 5.73 Å². The van der Waals surface area contributed by atoms with E-state index in [1.165, 1.54) is 0 Å². The number of ether oxygens (including phenoxy) is 1. The number of benzene rings is 1. The van der Waals surface area contributed by atoms with Gasteiger partial charge in [-0.3, -0.25) is 4.79 Å². The van der Waals surface area contributed by atoms with Gasteiger partial charge in [-0.25, -0.2) is 0 Å². The predicted octanol–water partition coefficient (Wildman–Crippen LogP) is 0.839. The molecule has 1 aliphatic heterocycles. The second-order valence-corrected chi connectivity index (χ2v) is 4.51. The molecule has 1 aliphatic rings. The van der Waals surface area contributed by atoms with Crippen LogP contribution in [0, 0.1) is 0 Å². The van der Waals surface area contributed by atoms with E-state index < -0.39 is 5.91 Å². The number of nitrogens with two attached hydrogens (primary N) is 1. The molecule has 0 radical (unpaired) electrons. The molecule has 2 rings (SSSR count). The van der Waals surface area contributed by atoms with Crippen LogP contribution in [-0.4, -0.2) is 38.3 Å². The number of carbonyl (C=O) groups excluding carboxylic acids is 1. The van der Waals surface area contributed by atoms with Crippen LogP contribution in [0.25, 0.3) is 0 Å². The van der Waals surface area contributed by atoms with Gasteiger partial charge in [0.15, 0.2) is 0 Å². The number of nitrogens with one attached hydrogen (secondary N) is 2. The van der Waals surface area contributed by atoms with E-state index in [0.717, 1.165) is 13.1 Å². The topological polar surface area (TPSA) is 76.4 Å². The SMILES string of the molecule is NC(=O)c1c(Cl)cccc1NCC1CNCCO1. The van der Waals surface area contributed by atoms with E-state index in [2.05, 4.69) is 10.6 Å². The molecule has 1 saturated heterocycles. The maximum absolute atomic E-state index is 11.3. The minimum absolute atomic E-state index is 0.0819. The summed E-state index contributed by atoms with van der Waals surface area (Å²) in [5, 5.41) is 6.75. The molecule has 1 amide bonds. The van der Waals surface area contributed by atoms with Crippen molar-refractivity contribution in [3.63, 3.8) is 0 Å². The molecular formula is C12H16ClN3O2. The lowest BCUT2D eigenvalue weighted by Gasteiger charge is -2.24. The second kappa shape index (κ2) is 6.04. The van der Waals surface area contributed by atoms with E-state index in [1.807, 2.05) is 0 Å². The Bertz CT molecular complexity index is 433. The molecule has 18 heavy (non-hydrogen) atoms. The first-order valence-electron chi connectivity index (χ1n) is 5.83. The van der Waals surface area contributed by atoms with Crippen molar-refractivity contribution in [3.8, 4) is 0 Å². The summed E-state index contributed by atoms with van der Waals surface area (Å²) < 4.78 is 5.56. The number of hydrogen-bond donors (Lipinski definition) is 3.